The van der Waals surface area contributed by atoms with Crippen LogP contribution in [-0.4, -0.2) is 33.2 Å². The van der Waals surface area contributed by atoms with Crippen molar-refractivity contribution in [3.05, 3.63) is 51.4 Å². The van der Waals surface area contributed by atoms with Crippen LogP contribution < -0.4 is 10.9 Å². The number of amides is 1. The van der Waals surface area contributed by atoms with Gasteiger partial charge in [-0.1, -0.05) is 32.0 Å². The van der Waals surface area contributed by atoms with Gasteiger partial charge in [-0.25, -0.2) is 14.5 Å². The van der Waals surface area contributed by atoms with E-state index in [1.165, 1.54) is 10.1 Å². The second-order valence-electron chi connectivity index (χ2n) is 6.86. The number of hydrogen-bond acceptors (Lipinski definition) is 7. The van der Waals surface area contributed by atoms with Crippen LogP contribution in [0.5, 0.6) is 0 Å². The Morgan fingerprint density at radius 1 is 1.24 bits per heavy atom. The average molecular weight is 414 g/mol. The Labute approximate surface area is 171 Å². The van der Waals surface area contributed by atoms with Crippen LogP contribution in [0.3, 0.4) is 0 Å². The molecule has 0 radical (unpaired) electrons. The van der Waals surface area contributed by atoms with Gasteiger partial charge in [0.2, 0.25) is 5.91 Å². The number of thiazole rings is 1. The zero-order valence-corrected chi connectivity index (χ0v) is 17.3. The van der Waals surface area contributed by atoms with E-state index in [-0.39, 0.29) is 36.1 Å². The molecule has 0 aliphatic carbocycles. The van der Waals surface area contributed by atoms with Crippen LogP contribution in [0, 0.1) is 5.92 Å². The maximum atomic E-state index is 12.7. The molecule has 3 rings (SSSR count). The predicted octanol–water partition coefficient (Wildman–Crippen LogP) is 2.87. The van der Waals surface area contributed by atoms with Gasteiger partial charge in [0, 0.05) is 17.3 Å². The molecule has 1 N–H and O–H groups in total. The minimum atomic E-state index is -0.530. The smallest absolute Gasteiger partial charge is 0.357 e. The molecule has 0 fully saturated rings. The number of fused-ring (bicyclic) bond motifs is 1. The average Bonchev–Trinajstić information content (AvgIpc) is 3.14. The highest BCUT2D eigenvalue weighted by Gasteiger charge is 2.17. The summed E-state index contributed by atoms with van der Waals surface area (Å²) >= 11 is 1.14. The molecule has 0 spiro atoms. The monoisotopic (exact) mass is 414 g/mol. The number of carbonyl (C=O) groups is 2. The summed E-state index contributed by atoms with van der Waals surface area (Å²) in [6.07, 6.45) is -0.0206. The molecule has 3 aromatic rings. The molecule has 0 aliphatic heterocycles. The highest BCUT2D eigenvalue weighted by Crippen LogP contribution is 2.18. The Morgan fingerprint density at radius 2 is 1.97 bits per heavy atom. The minimum Gasteiger partial charge on any atom is -0.461 e. The van der Waals surface area contributed by atoms with Gasteiger partial charge in [0.1, 0.15) is 0 Å². The quantitative estimate of drug-likeness (QED) is 0.596. The summed E-state index contributed by atoms with van der Waals surface area (Å²) in [6.45, 7) is 6.43. The number of nitrogens with one attached hydrogen (secondary N) is 1. The highest BCUT2D eigenvalue weighted by molar-refractivity contribution is 7.14. The number of aromatic nitrogens is 3. The molecule has 152 valence electrons. The lowest BCUT2D eigenvalue weighted by Crippen LogP contribution is -2.28. The molecule has 8 nitrogen and oxygen atoms in total. The van der Waals surface area contributed by atoms with Crippen molar-refractivity contribution < 1.29 is 14.3 Å². The van der Waals surface area contributed by atoms with E-state index in [0.717, 1.165) is 11.3 Å². The summed E-state index contributed by atoms with van der Waals surface area (Å²) < 4.78 is 6.31. The molecule has 1 amide bonds. The summed E-state index contributed by atoms with van der Waals surface area (Å²) in [5.74, 6) is -0.625. The van der Waals surface area contributed by atoms with Crippen molar-refractivity contribution in [2.75, 3.05) is 11.9 Å². The van der Waals surface area contributed by atoms with Gasteiger partial charge in [-0.15, -0.1) is 11.3 Å². The van der Waals surface area contributed by atoms with Crippen LogP contribution in [-0.2, 0) is 22.5 Å². The van der Waals surface area contributed by atoms with E-state index < -0.39 is 5.97 Å². The molecule has 0 bridgehead atoms. The number of esters is 1. The summed E-state index contributed by atoms with van der Waals surface area (Å²) in [5, 5.41) is 10.1. The van der Waals surface area contributed by atoms with Crippen LogP contribution in [0.25, 0.3) is 10.8 Å². The number of carbonyl (C=O) groups excluding carboxylic acids is 2. The first-order valence-electron chi connectivity index (χ1n) is 9.30. The number of nitrogens with zero attached hydrogens (tertiary/aromatic N) is 3. The standard InChI is InChI=1S/C20H22N4O4S/c1-4-28-19(27)16-11-29-20(21-16)22-17(25)9-15-13-7-5-6-8-14(13)18(26)24(23-15)10-12(2)3/h5-8,11-12H,4,9-10H2,1-3H3,(H,21,22,25). The minimum absolute atomic E-state index is 0.0206. The fraction of sp³-hybridized carbons (Fsp3) is 0.350. The lowest BCUT2D eigenvalue weighted by molar-refractivity contribution is -0.115. The predicted molar refractivity (Wildman–Crippen MR) is 111 cm³/mol. The third-order valence-corrected chi connectivity index (χ3v) is 4.80. The summed E-state index contributed by atoms with van der Waals surface area (Å²) in [4.78, 5) is 41.0. The Kier molecular flexibility index (Phi) is 6.38. The van der Waals surface area contributed by atoms with Crippen molar-refractivity contribution in [1.29, 1.82) is 0 Å². The molecule has 1 aromatic carbocycles. The maximum absolute atomic E-state index is 12.7. The normalized spacial score (nSPS) is 11.0. The molecule has 29 heavy (non-hydrogen) atoms. The molecule has 2 heterocycles. The highest BCUT2D eigenvalue weighted by atomic mass is 32.1. The van der Waals surface area contributed by atoms with Gasteiger partial charge in [0.15, 0.2) is 10.8 Å². The largest absolute Gasteiger partial charge is 0.461 e. The van der Waals surface area contributed by atoms with Gasteiger partial charge in [-0.05, 0) is 18.9 Å². The third kappa shape index (κ3) is 4.86. The Hall–Kier alpha value is -3.07. The molecule has 2 aromatic heterocycles. The Morgan fingerprint density at radius 3 is 2.66 bits per heavy atom. The first-order valence-corrected chi connectivity index (χ1v) is 10.2. The van der Waals surface area contributed by atoms with Crippen molar-refractivity contribution in [3.8, 4) is 0 Å². The Bertz CT molecular complexity index is 1100. The van der Waals surface area contributed by atoms with Crippen LogP contribution in [0.15, 0.2) is 34.4 Å². The topological polar surface area (TPSA) is 103 Å². The van der Waals surface area contributed by atoms with Crippen LogP contribution in [0.4, 0.5) is 5.13 Å². The van der Waals surface area contributed by atoms with E-state index in [1.807, 2.05) is 19.9 Å². The first-order chi connectivity index (χ1) is 13.9. The van der Waals surface area contributed by atoms with Gasteiger partial charge >= 0.3 is 5.97 Å². The molecule has 0 saturated heterocycles. The lowest BCUT2D eigenvalue weighted by atomic mass is 10.1. The fourth-order valence-corrected chi connectivity index (χ4v) is 3.55. The van der Waals surface area contributed by atoms with Crippen molar-refractivity contribution in [2.24, 2.45) is 5.92 Å². The van der Waals surface area contributed by atoms with Crippen molar-refractivity contribution in [2.45, 2.75) is 33.7 Å². The number of hydrogen-bond donors (Lipinski definition) is 1. The zero-order chi connectivity index (χ0) is 21.0. The van der Waals surface area contributed by atoms with Gasteiger partial charge < -0.3 is 10.1 Å². The lowest BCUT2D eigenvalue weighted by Gasteiger charge is -2.12. The summed E-state index contributed by atoms with van der Waals surface area (Å²) in [5.41, 5.74) is 0.499. The summed E-state index contributed by atoms with van der Waals surface area (Å²) in [7, 11) is 0. The molecule has 0 saturated carbocycles. The first kappa shape index (κ1) is 20.7. The SMILES string of the molecule is CCOC(=O)c1csc(NC(=O)Cc2nn(CC(C)C)c(=O)c3ccccc23)n1. The van der Waals surface area contributed by atoms with Crippen LogP contribution >= 0.6 is 11.3 Å². The maximum Gasteiger partial charge on any atom is 0.357 e. The van der Waals surface area contributed by atoms with Gasteiger partial charge in [-0.3, -0.25) is 9.59 Å². The van der Waals surface area contributed by atoms with E-state index in [1.54, 1.807) is 25.1 Å². The second-order valence-corrected chi connectivity index (χ2v) is 7.71. The molecule has 9 heteroatoms. The number of benzene rings is 1. The van der Waals surface area contributed by atoms with E-state index in [4.69, 9.17) is 4.74 Å². The van der Waals surface area contributed by atoms with E-state index in [0.29, 0.717) is 28.1 Å². The number of rotatable bonds is 7. The summed E-state index contributed by atoms with van der Waals surface area (Å²) in [6, 6.07) is 7.13. The van der Waals surface area contributed by atoms with Crippen LogP contribution in [0.2, 0.25) is 0 Å². The third-order valence-electron chi connectivity index (χ3n) is 4.05. The van der Waals surface area contributed by atoms with E-state index >= 15 is 0 Å². The van der Waals surface area contributed by atoms with Crippen molar-refractivity contribution >= 4 is 39.1 Å². The van der Waals surface area contributed by atoms with Crippen LogP contribution in [0.1, 0.15) is 37.0 Å². The number of anilines is 1. The molecular formula is C20H22N4O4S. The number of ether oxygens (including phenoxy) is 1. The van der Waals surface area contributed by atoms with Gasteiger partial charge in [-0.2, -0.15) is 5.10 Å². The van der Waals surface area contributed by atoms with E-state index in [2.05, 4.69) is 15.4 Å². The molecular weight excluding hydrogens is 392 g/mol. The molecule has 0 atom stereocenters. The second kappa shape index (κ2) is 8.95. The van der Waals surface area contributed by atoms with Crippen molar-refractivity contribution in [3.63, 3.8) is 0 Å². The van der Waals surface area contributed by atoms with Gasteiger partial charge in [0.05, 0.1) is 24.1 Å². The van der Waals surface area contributed by atoms with Crippen molar-refractivity contribution in [1.82, 2.24) is 14.8 Å². The Balaban J connectivity index is 1.84. The molecule has 0 unspecified atom stereocenters. The fourth-order valence-electron chi connectivity index (χ4n) is 2.85. The van der Waals surface area contributed by atoms with Gasteiger partial charge in [0.25, 0.3) is 5.56 Å². The van der Waals surface area contributed by atoms with E-state index in [9.17, 15) is 14.4 Å². The zero-order valence-electron chi connectivity index (χ0n) is 16.5. The molecule has 0 aliphatic rings.